The minimum absolute atomic E-state index is 0.0449. The minimum atomic E-state index is 0.0449. The van der Waals surface area contributed by atoms with Crippen molar-refractivity contribution in [1.82, 2.24) is 5.32 Å². The first-order chi connectivity index (χ1) is 9.75. The van der Waals surface area contributed by atoms with Crippen molar-refractivity contribution in [3.63, 3.8) is 0 Å². The lowest BCUT2D eigenvalue weighted by molar-refractivity contribution is 0.237. The maximum atomic E-state index is 12.5. The Balaban J connectivity index is 1.74. The van der Waals surface area contributed by atoms with Crippen molar-refractivity contribution >= 4 is 17.4 Å². The molecule has 1 aromatic carbocycles. The van der Waals surface area contributed by atoms with E-state index in [9.17, 15) is 4.79 Å². The number of benzene rings is 1. The van der Waals surface area contributed by atoms with Gasteiger partial charge in [-0.15, -0.1) is 0 Å². The van der Waals surface area contributed by atoms with Gasteiger partial charge in [0.05, 0.1) is 5.69 Å². The topological polar surface area (TPSA) is 58.4 Å². The van der Waals surface area contributed by atoms with Crippen LogP contribution in [0.5, 0.6) is 0 Å². The van der Waals surface area contributed by atoms with Crippen LogP contribution in [-0.4, -0.2) is 18.6 Å². The zero-order chi connectivity index (χ0) is 13.9. The van der Waals surface area contributed by atoms with Gasteiger partial charge in [0.2, 0.25) is 0 Å². The van der Waals surface area contributed by atoms with Gasteiger partial charge < -0.3 is 11.1 Å². The summed E-state index contributed by atoms with van der Waals surface area (Å²) < 4.78 is 0. The number of fused-ring (bicyclic) bond motifs is 1. The highest BCUT2D eigenvalue weighted by Gasteiger charge is 2.25. The number of hydrogen-bond acceptors (Lipinski definition) is 2. The molecule has 108 valence electrons. The summed E-state index contributed by atoms with van der Waals surface area (Å²) in [5, 5.41) is 3.20. The molecule has 2 amide bonds. The average molecular weight is 273 g/mol. The molecular weight excluding hydrogens is 250 g/mol. The molecule has 1 aromatic rings. The van der Waals surface area contributed by atoms with E-state index < -0.39 is 0 Å². The van der Waals surface area contributed by atoms with Crippen LogP contribution in [0.4, 0.5) is 16.2 Å². The number of nitrogens with one attached hydrogen (secondary N) is 1. The zero-order valence-corrected chi connectivity index (χ0v) is 11.9. The second-order valence-corrected chi connectivity index (χ2v) is 5.88. The van der Waals surface area contributed by atoms with E-state index >= 15 is 0 Å². The van der Waals surface area contributed by atoms with Crippen LogP contribution < -0.4 is 16.0 Å². The van der Waals surface area contributed by atoms with Gasteiger partial charge in [0, 0.05) is 18.3 Å². The minimum Gasteiger partial charge on any atom is -0.398 e. The molecule has 0 aromatic heterocycles. The second-order valence-electron chi connectivity index (χ2n) is 5.88. The molecule has 3 rings (SSSR count). The Morgan fingerprint density at radius 3 is 2.80 bits per heavy atom. The molecule has 0 spiro atoms. The highest BCUT2D eigenvalue weighted by molar-refractivity contribution is 5.94. The number of urea groups is 1. The van der Waals surface area contributed by atoms with Crippen LogP contribution in [0.3, 0.4) is 0 Å². The lowest BCUT2D eigenvalue weighted by Crippen LogP contribution is -2.47. The molecule has 1 heterocycles. The van der Waals surface area contributed by atoms with Gasteiger partial charge in [-0.05, 0) is 43.4 Å². The van der Waals surface area contributed by atoms with Crippen molar-refractivity contribution in [3.05, 3.63) is 23.8 Å². The molecular formula is C16H23N3O. The summed E-state index contributed by atoms with van der Waals surface area (Å²) in [6.45, 7) is 0.787. The quantitative estimate of drug-likeness (QED) is 0.773. The van der Waals surface area contributed by atoms with Crippen LogP contribution >= 0.6 is 0 Å². The molecule has 1 aliphatic heterocycles. The maximum absolute atomic E-state index is 12.5. The number of hydrogen-bond donors (Lipinski definition) is 2. The van der Waals surface area contributed by atoms with Gasteiger partial charge in [0.25, 0.3) is 0 Å². The maximum Gasteiger partial charge on any atom is 0.322 e. The zero-order valence-electron chi connectivity index (χ0n) is 11.9. The fraction of sp³-hybridized carbons (Fsp3) is 0.562. The third-order valence-electron chi connectivity index (χ3n) is 4.46. The van der Waals surface area contributed by atoms with Crippen molar-refractivity contribution in [2.45, 2.75) is 51.0 Å². The standard InChI is InChI=1S/C16H23N3O/c17-14-9-4-10-15-13(14)8-5-11-19(15)16(20)18-12-6-2-1-3-7-12/h4,9-10,12H,1-3,5-8,11,17H2,(H,18,20). The largest absolute Gasteiger partial charge is 0.398 e. The summed E-state index contributed by atoms with van der Waals surface area (Å²) in [5.41, 5.74) is 8.95. The fourth-order valence-corrected chi connectivity index (χ4v) is 3.36. The molecule has 0 atom stereocenters. The molecule has 1 fully saturated rings. The van der Waals surface area contributed by atoms with Gasteiger partial charge in [-0.1, -0.05) is 25.3 Å². The highest BCUT2D eigenvalue weighted by Crippen LogP contribution is 2.31. The predicted molar refractivity (Wildman–Crippen MR) is 81.9 cm³/mol. The number of nitrogens with zero attached hydrogens (tertiary/aromatic N) is 1. The second kappa shape index (κ2) is 5.73. The van der Waals surface area contributed by atoms with E-state index in [1.54, 1.807) is 0 Å². The van der Waals surface area contributed by atoms with Gasteiger partial charge in [-0.3, -0.25) is 4.90 Å². The smallest absolute Gasteiger partial charge is 0.322 e. The Morgan fingerprint density at radius 2 is 2.00 bits per heavy atom. The predicted octanol–water partition coefficient (Wildman–Crippen LogP) is 3.06. The first kappa shape index (κ1) is 13.3. The summed E-state index contributed by atoms with van der Waals surface area (Å²) in [6, 6.07) is 6.25. The summed E-state index contributed by atoms with van der Waals surface area (Å²) in [4.78, 5) is 14.4. The Hall–Kier alpha value is -1.71. The van der Waals surface area contributed by atoms with Crippen LogP contribution in [0.25, 0.3) is 0 Å². The van der Waals surface area contributed by atoms with E-state index in [-0.39, 0.29) is 6.03 Å². The third-order valence-corrected chi connectivity index (χ3v) is 4.46. The molecule has 3 N–H and O–H groups in total. The lowest BCUT2D eigenvalue weighted by atomic mass is 9.95. The average Bonchev–Trinajstić information content (AvgIpc) is 2.48. The number of amides is 2. The molecule has 1 saturated carbocycles. The van der Waals surface area contributed by atoms with E-state index in [0.717, 1.165) is 49.2 Å². The van der Waals surface area contributed by atoms with Crippen molar-refractivity contribution < 1.29 is 4.79 Å². The third kappa shape index (κ3) is 2.60. The number of nitrogens with two attached hydrogens (primary N) is 1. The van der Waals surface area contributed by atoms with Gasteiger partial charge in [0.1, 0.15) is 0 Å². The van der Waals surface area contributed by atoms with Crippen molar-refractivity contribution in [3.8, 4) is 0 Å². The lowest BCUT2D eigenvalue weighted by Gasteiger charge is -2.32. The molecule has 0 unspecified atom stereocenters. The van der Waals surface area contributed by atoms with E-state index in [1.165, 1.54) is 19.3 Å². The first-order valence-corrected chi connectivity index (χ1v) is 7.71. The van der Waals surface area contributed by atoms with Crippen LogP contribution in [0.15, 0.2) is 18.2 Å². The highest BCUT2D eigenvalue weighted by atomic mass is 16.2. The van der Waals surface area contributed by atoms with Crippen molar-refractivity contribution in [2.75, 3.05) is 17.2 Å². The molecule has 20 heavy (non-hydrogen) atoms. The molecule has 0 saturated heterocycles. The van der Waals surface area contributed by atoms with Gasteiger partial charge in [-0.2, -0.15) is 0 Å². The van der Waals surface area contributed by atoms with E-state index in [1.807, 2.05) is 23.1 Å². The molecule has 4 heteroatoms. The number of nitrogen functional groups attached to an aromatic ring is 1. The van der Waals surface area contributed by atoms with Gasteiger partial charge in [0.15, 0.2) is 0 Å². The van der Waals surface area contributed by atoms with Gasteiger partial charge >= 0.3 is 6.03 Å². The Labute approximate surface area is 120 Å². The van der Waals surface area contributed by atoms with Crippen LogP contribution in [0, 0.1) is 0 Å². The van der Waals surface area contributed by atoms with E-state index in [2.05, 4.69) is 5.32 Å². The number of carbonyl (C=O) groups excluding carboxylic acids is 1. The summed E-state index contributed by atoms with van der Waals surface area (Å²) in [7, 11) is 0. The van der Waals surface area contributed by atoms with Crippen molar-refractivity contribution in [2.24, 2.45) is 0 Å². The summed E-state index contributed by atoms with van der Waals surface area (Å²) in [5.74, 6) is 0. The Morgan fingerprint density at radius 1 is 1.20 bits per heavy atom. The van der Waals surface area contributed by atoms with Crippen LogP contribution in [0.2, 0.25) is 0 Å². The van der Waals surface area contributed by atoms with E-state index in [4.69, 9.17) is 5.73 Å². The summed E-state index contributed by atoms with van der Waals surface area (Å²) >= 11 is 0. The van der Waals surface area contributed by atoms with Gasteiger partial charge in [-0.25, -0.2) is 4.79 Å². The van der Waals surface area contributed by atoms with E-state index in [0.29, 0.717) is 6.04 Å². The molecule has 1 aliphatic carbocycles. The monoisotopic (exact) mass is 273 g/mol. The molecule has 0 bridgehead atoms. The molecule has 2 aliphatic rings. The number of rotatable bonds is 1. The Bertz CT molecular complexity index is 494. The van der Waals surface area contributed by atoms with Crippen LogP contribution in [0.1, 0.15) is 44.1 Å². The van der Waals surface area contributed by atoms with Crippen molar-refractivity contribution in [1.29, 1.82) is 0 Å². The number of anilines is 2. The molecule has 4 nitrogen and oxygen atoms in total. The Kier molecular flexibility index (Phi) is 3.81. The first-order valence-electron chi connectivity index (χ1n) is 7.71. The SMILES string of the molecule is Nc1cccc2c1CCCN2C(=O)NC1CCCCC1. The van der Waals surface area contributed by atoms with Crippen LogP contribution in [-0.2, 0) is 6.42 Å². The molecule has 0 radical (unpaired) electrons. The number of carbonyl (C=O) groups is 1. The fourth-order valence-electron chi connectivity index (χ4n) is 3.36. The normalized spacial score (nSPS) is 19.5. The summed E-state index contributed by atoms with van der Waals surface area (Å²) in [6.07, 6.45) is 7.94.